The first-order valence-corrected chi connectivity index (χ1v) is 10.1. The van der Waals surface area contributed by atoms with Crippen molar-refractivity contribution in [2.45, 2.75) is 6.92 Å². The van der Waals surface area contributed by atoms with E-state index in [1.54, 1.807) is 11.3 Å². The third-order valence-corrected chi connectivity index (χ3v) is 5.22. The van der Waals surface area contributed by atoms with Crippen LogP contribution in [-0.2, 0) is 4.79 Å². The molecule has 1 aliphatic rings. The average Bonchev–Trinajstić information content (AvgIpc) is 3.21. The number of carbonyl (C=O) groups excluding carboxylic acids is 2. The van der Waals surface area contributed by atoms with E-state index in [9.17, 15) is 9.59 Å². The number of piperazine rings is 1. The summed E-state index contributed by atoms with van der Waals surface area (Å²) < 4.78 is 5.50. The van der Waals surface area contributed by atoms with Gasteiger partial charge in [0, 0.05) is 44.6 Å². The molecule has 1 aromatic heterocycles. The first-order valence-electron chi connectivity index (χ1n) is 9.12. The number of ether oxygens (including phenoxy) is 1. The van der Waals surface area contributed by atoms with Crippen LogP contribution in [0.1, 0.15) is 15.9 Å². The second-order valence-corrected chi connectivity index (χ2v) is 7.38. The van der Waals surface area contributed by atoms with E-state index in [0.717, 1.165) is 43.9 Å². The lowest BCUT2D eigenvalue weighted by atomic mass is 10.2. The lowest BCUT2D eigenvalue weighted by molar-refractivity contribution is -0.123. The van der Waals surface area contributed by atoms with Crippen molar-refractivity contribution < 1.29 is 14.3 Å². The number of amides is 2. The summed E-state index contributed by atoms with van der Waals surface area (Å²) >= 11 is 1.54. The molecule has 0 aliphatic carbocycles. The molecule has 6 nitrogen and oxygen atoms in total. The van der Waals surface area contributed by atoms with E-state index in [0.29, 0.717) is 12.3 Å². The summed E-state index contributed by atoms with van der Waals surface area (Å²) in [7, 11) is 0. The van der Waals surface area contributed by atoms with E-state index in [2.05, 4.69) is 10.2 Å². The van der Waals surface area contributed by atoms with Crippen LogP contribution in [0.5, 0.6) is 5.75 Å². The summed E-state index contributed by atoms with van der Waals surface area (Å²) in [6, 6.07) is 9.51. The molecule has 1 aromatic carbocycles. The molecule has 7 heteroatoms. The summed E-state index contributed by atoms with van der Waals surface area (Å²) in [5, 5.41) is 6.70. The number of aryl methyl sites for hydroxylation is 1. The molecule has 1 saturated heterocycles. The first kappa shape index (κ1) is 19.4. The predicted octanol–water partition coefficient (Wildman–Crippen LogP) is 2.01. The smallest absolute Gasteiger partial charge is 0.257 e. The monoisotopic (exact) mass is 387 g/mol. The van der Waals surface area contributed by atoms with Crippen molar-refractivity contribution in [2.24, 2.45) is 0 Å². The number of benzene rings is 1. The number of hydrogen-bond acceptors (Lipinski definition) is 5. The highest BCUT2D eigenvalue weighted by Crippen LogP contribution is 2.12. The Balaban J connectivity index is 1.31. The van der Waals surface area contributed by atoms with Gasteiger partial charge in [-0.2, -0.15) is 11.3 Å². The third-order valence-electron chi connectivity index (χ3n) is 4.54. The van der Waals surface area contributed by atoms with Gasteiger partial charge in [0.05, 0.1) is 5.56 Å². The van der Waals surface area contributed by atoms with Crippen LogP contribution in [0.2, 0.25) is 0 Å². The van der Waals surface area contributed by atoms with Gasteiger partial charge < -0.3 is 15.0 Å². The van der Waals surface area contributed by atoms with Crippen molar-refractivity contribution in [2.75, 3.05) is 45.9 Å². The lowest BCUT2D eigenvalue weighted by Gasteiger charge is -2.34. The summed E-state index contributed by atoms with van der Waals surface area (Å²) in [6.45, 7) is 6.45. The Morgan fingerprint density at radius 2 is 2.00 bits per heavy atom. The van der Waals surface area contributed by atoms with Gasteiger partial charge >= 0.3 is 0 Å². The zero-order valence-corrected chi connectivity index (χ0v) is 16.3. The fraction of sp³-hybridized carbons (Fsp3) is 0.400. The minimum absolute atomic E-state index is 0.0202. The molecule has 27 heavy (non-hydrogen) atoms. The van der Waals surface area contributed by atoms with Crippen molar-refractivity contribution in [1.29, 1.82) is 0 Å². The van der Waals surface area contributed by atoms with E-state index in [-0.39, 0.29) is 18.4 Å². The normalized spacial score (nSPS) is 14.8. The van der Waals surface area contributed by atoms with E-state index in [1.807, 2.05) is 52.9 Å². The van der Waals surface area contributed by atoms with Crippen LogP contribution >= 0.6 is 11.3 Å². The Kier molecular flexibility index (Phi) is 6.84. The Morgan fingerprint density at radius 3 is 2.70 bits per heavy atom. The summed E-state index contributed by atoms with van der Waals surface area (Å²) in [6.07, 6.45) is 0. The number of thiophene rings is 1. The van der Waals surface area contributed by atoms with Gasteiger partial charge in [-0.1, -0.05) is 12.1 Å². The third kappa shape index (κ3) is 5.80. The van der Waals surface area contributed by atoms with Crippen molar-refractivity contribution >= 4 is 23.2 Å². The number of nitrogens with zero attached hydrogens (tertiary/aromatic N) is 2. The second-order valence-electron chi connectivity index (χ2n) is 6.60. The topological polar surface area (TPSA) is 61.9 Å². The minimum Gasteiger partial charge on any atom is -0.484 e. The van der Waals surface area contributed by atoms with Crippen LogP contribution in [-0.4, -0.2) is 67.5 Å². The van der Waals surface area contributed by atoms with Crippen LogP contribution in [0, 0.1) is 6.92 Å². The maximum atomic E-state index is 12.3. The SMILES string of the molecule is Cc1cccc(OCC(=O)NCCN2CCN(C(=O)c3ccsc3)CC2)c1. The lowest BCUT2D eigenvalue weighted by Crippen LogP contribution is -2.50. The van der Waals surface area contributed by atoms with Crippen LogP contribution < -0.4 is 10.1 Å². The standard InChI is InChI=1S/C20H25N3O3S/c1-16-3-2-4-18(13-16)26-14-19(24)21-6-7-22-8-10-23(11-9-22)20(25)17-5-12-27-15-17/h2-5,12-13,15H,6-11,14H2,1H3,(H,21,24). The van der Waals surface area contributed by atoms with Gasteiger partial charge in [0.15, 0.2) is 6.61 Å². The van der Waals surface area contributed by atoms with E-state index in [1.165, 1.54) is 0 Å². The summed E-state index contributed by atoms with van der Waals surface area (Å²) in [5.74, 6) is 0.692. The highest BCUT2D eigenvalue weighted by atomic mass is 32.1. The first-order chi connectivity index (χ1) is 13.1. The molecule has 0 saturated carbocycles. The molecule has 3 rings (SSSR count). The molecule has 0 radical (unpaired) electrons. The highest BCUT2D eigenvalue weighted by Gasteiger charge is 2.22. The van der Waals surface area contributed by atoms with Gasteiger partial charge in [-0.15, -0.1) is 0 Å². The number of rotatable bonds is 7. The maximum Gasteiger partial charge on any atom is 0.257 e. The zero-order chi connectivity index (χ0) is 19.1. The van der Waals surface area contributed by atoms with Gasteiger partial charge in [-0.25, -0.2) is 0 Å². The minimum atomic E-state index is -0.122. The molecule has 1 aliphatic heterocycles. The van der Waals surface area contributed by atoms with E-state index >= 15 is 0 Å². The fourth-order valence-corrected chi connectivity index (χ4v) is 3.63. The molecule has 0 bridgehead atoms. The van der Waals surface area contributed by atoms with E-state index in [4.69, 9.17) is 4.74 Å². The Morgan fingerprint density at radius 1 is 1.19 bits per heavy atom. The van der Waals surface area contributed by atoms with Gasteiger partial charge in [0.1, 0.15) is 5.75 Å². The molecule has 144 valence electrons. The largest absolute Gasteiger partial charge is 0.484 e. The number of nitrogens with one attached hydrogen (secondary N) is 1. The van der Waals surface area contributed by atoms with Gasteiger partial charge in [-0.05, 0) is 36.1 Å². The summed E-state index contributed by atoms with van der Waals surface area (Å²) in [4.78, 5) is 28.4. The molecule has 2 amide bonds. The van der Waals surface area contributed by atoms with Gasteiger partial charge in [0.2, 0.25) is 0 Å². The molecule has 1 N–H and O–H groups in total. The van der Waals surface area contributed by atoms with Crippen LogP contribution in [0.3, 0.4) is 0 Å². The fourth-order valence-electron chi connectivity index (χ4n) is 3.00. The molecule has 2 heterocycles. The van der Waals surface area contributed by atoms with Crippen LogP contribution in [0.25, 0.3) is 0 Å². The Hall–Kier alpha value is -2.38. The van der Waals surface area contributed by atoms with Crippen molar-refractivity contribution in [3.05, 3.63) is 52.2 Å². The zero-order valence-electron chi connectivity index (χ0n) is 15.5. The van der Waals surface area contributed by atoms with Gasteiger partial charge in [0.25, 0.3) is 11.8 Å². The van der Waals surface area contributed by atoms with Crippen molar-refractivity contribution in [1.82, 2.24) is 15.1 Å². The maximum absolute atomic E-state index is 12.3. The van der Waals surface area contributed by atoms with Crippen molar-refractivity contribution in [3.63, 3.8) is 0 Å². The quantitative estimate of drug-likeness (QED) is 0.790. The Labute approximate surface area is 163 Å². The summed E-state index contributed by atoms with van der Waals surface area (Å²) in [5.41, 5.74) is 1.87. The molecular weight excluding hydrogens is 362 g/mol. The van der Waals surface area contributed by atoms with Crippen molar-refractivity contribution in [3.8, 4) is 5.75 Å². The highest BCUT2D eigenvalue weighted by molar-refractivity contribution is 7.08. The number of carbonyl (C=O) groups is 2. The molecule has 0 unspecified atom stereocenters. The predicted molar refractivity (Wildman–Crippen MR) is 106 cm³/mol. The molecule has 1 fully saturated rings. The average molecular weight is 388 g/mol. The molecular formula is C20H25N3O3S. The van der Waals surface area contributed by atoms with Gasteiger partial charge in [-0.3, -0.25) is 14.5 Å². The number of hydrogen-bond donors (Lipinski definition) is 1. The second kappa shape index (κ2) is 9.53. The molecule has 0 atom stereocenters. The molecule has 0 spiro atoms. The van der Waals surface area contributed by atoms with E-state index < -0.39 is 0 Å². The molecule has 2 aromatic rings. The van der Waals surface area contributed by atoms with Crippen LogP contribution in [0.15, 0.2) is 41.1 Å². The Bertz CT molecular complexity index is 756. The van der Waals surface area contributed by atoms with Crippen LogP contribution in [0.4, 0.5) is 0 Å².